The van der Waals surface area contributed by atoms with E-state index in [9.17, 15) is 9.90 Å². The number of rotatable bonds is 4. The summed E-state index contributed by atoms with van der Waals surface area (Å²) in [6.07, 6.45) is 12.9. The zero-order valence-electron chi connectivity index (χ0n) is 30.4. The Morgan fingerprint density at radius 2 is 1.55 bits per heavy atom. The lowest BCUT2D eigenvalue weighted by Crippen LogP contribution is -2.64. The topological polar surface area (TPSA) is 66.8 Å². The first-order valence-electron chi connectivity index (χ1n) is 19.0. The highest BCUT2D eigenvalue weighted by Gasteiger charge is 2.68. The molecule has 0 radical (unpaired) electrons. The Morgan fingerprint density at radius 3 is 2.30 bits per heavy atom. The first-order chi connectivity index (χ1) is 22.1. The molecule has 0 aromatic heterocycles. The number of hydrogen-bond acceptors (Lipinski definition) is 4. The molecule has 5 heteroatoms. The van der Waals surface area contributed by atoms with Crippen molar-refractivity contribution in [2.75, 3.05) is 6.54 Å². The summed E-state index contributed by atoms with van der Waals surface area (Å²) in [7, 11) is 0. The van der Waals surface area contributed by atoms with Gasteiger partial charge in [-0.15, -0.1) is 0 Å². The third-order valence-electron chi connectivity index (χ3n) is 15.9. The molecule has 1 aromatic rings. The number of esters is 1. The lowest BCUT2D eigenvalue weighted by Gasteiger charge is -2.71. The fourth-order valence-electron chi connectivity index (χ4n) is 13.0. The van der Waals surface area contributed by atoms with Crippen molar-refractivity contribution in [2.45, 2.75) is 151 Å². The van der Waals surface area contributed by atoms with Crippen molar-refractivity contribution in [3.63, 3.8) is 0 Å². The zero-order valence-corrected chi connectivity index (χ0v) is 30.4. The molecule has 7 rings (SSSR count). The Morgan fingerprint density at radius 1 is 0.830 bits per heavy atom. The van der Waals surface area contributed by atoms with Gasteiger partial charge in [0.2, 0.25) is 5.91 Å². The van der Waals surface area contributed by atoms with Crippen LogP contribution >= 0.6 is 0 Å². The first-order valence-corrected chi connectivity index (χ1v) is 19.0. The zero-order chi connectivity index (χ0) is 33.6. The molecule has 0 spiro atoms. The minimum atomic E-state index is -0.492. The normalized spacial score (nSPS) is 42.1. The summed E-state index contributed by atoms with van der Waals surface area (Å²) in [5.74, 6) is 1.13. The average molecular weight is 644 g/mol. The van der Waals surface area contributed by atoms with Gasteiger partial charge in [0.05, 0.1) is 11.5 Å². The lowest BCUT2D eigenvalue weighted by atomic mass is 9.34. The van der Waals surface area contributed by atoms with Crippen LogP contribution < -0.4 is 0 Å². The highest BCUT2D eigenvalue weighted by atomic mass is 16.5. The molecule has 5 nitrogen and oxygen atoms in total. The minimum Gasteiger partial charge on any atom is -0.459 e. The number of carbonyl (C=O) groups is 2. The van der Waals surface area contributed by atoms with Crippen molar-refractivity contribution >= 4 is 11.9 Å². The van der Waals surface area contributed by atoms with Crippen LogP contribution in [0.5, 0.6) is 0 Å². The van der Waals surface area contributed by atoms with Crippen LogP contribution in [0.2, 0.25) is 0 Å². The second kappa shape index (κ2) is 11.2. The smallest absolute Gasteiger partial charge is 0.329 e. The number of likely N-dealkylation sites (tertiary alicyclic amines) is 1. The molecular formula is C42H61NO4. The fourth-order valence-corrected chi connectivity index (χ4v) is 13.0. The molecule has 0 bridgehead atoms. The van der Waals surface area contributed by atoms with Gasteiger partial charge in [-0.3, -0.25) is 4.79 Å². The summed E-state index contributed by atoms with van der Waals surface area (Å²) in [6.45, 7) is 18.1. The largest absolute Gasteiger partial charge is 0.459 e. The molecule has 1 aliphatic heterocycles. The molecule has 0 unspecified atom stereocenters. The predicted molar refractivity (Wildman–Crippen MR) is 186 cm³/mol. The van der Waals surface area contributed by atoms with Gasteiger partial charge in [-0.25, -0.2) is 4.79 Å². The van der Waals surface area contributed by atoms with E-state index in [1.807, 2.05) is 35.2 Å². The van der Waals surface area contributed by atoms with Crippen LogP contribution in [0, 0.1) is 44.3 Å². The van der Waals surface area contributed by atoms with E-state index >= 15 is 4.79 Å². The van der Waals surface area contributed by atoms with Crippen molar-refractivity contribution in [1.82, 2.24) is 4.90 Å². The van der Waals surface area contributed by atoms with E-state index in [2.05, 4.69) is 48.5 Å². The number of ether oxygens (including phenoxy) is 1. The van der Waals surface area contributed by atoms with E-state index in [1.165, 1.54) is 24.8 Å². The summed E-state index contributed by atoms with van der Waals surface area (Å²) < 4.78 is 5.83. The molecule has 258 valence electrons. The second-order valence-electron chi connectivity index (χ2n) is 18.9. The molecule has 5 aliphatic carbocycles. The molecule has 5 fully saturated rings. The van der Waals surface area contributed by atoms with Gasteiger partial charge < -0.3 is 14.7 Å². The third-order valence-corrected chi connectivity index (χ3v) is 15.9. The molecule has 8 atom stereocenters. The van der Waals surface area contributed by atoms with E-state index in [-0.39, 0.29) is 51.7 Å². The van der Waals surface area contributed by atoms with Gasteiger partial charge >= 0.3 is 5.97 Å². The highest BCUT2D eigenvalue weighted by molar-refractivity contribution is 5.91. The Hall–Kier alpha value is -2.14. The number of hydrogen-bond donors (Lipinski definition) is 1. The quantitative estimate of drug-likeness (QED) is 0.263. The van der Waals surface area contributed by atoms with E-state index < -0.39 is 11.5 Å². The van der Waals surface area contributed by atoms with Gasteiger partial charge in [0.25, 0.3) is 0 Å². The van der Waals surface area contributed by atoms with E-state index in [0.29, 0.717) is 24.8 Å². The van der Waals surface area contributed by atoms with Crippen LogP contribution in [0.25, 0.3) is 0 Å². The summed E-state index contributed by atoms with van der Waals surface area (Å²) in [5, 5.41) is 11.1. The van der Waals surface area contributed by atoms with Crippen molar-refractivity contribution in [1.29, 1.82) is 0 Å². The molecule has 1 amide bonds. The lowest BCUT2D eigenvalue weighted by molar-refractivity contribution is -0.205. The van der Waals surface area contributed by atoms with E-state index in [1.54, 1.807) is 5.57 Å². The Labute approximate surface area is 284 Å². The van der Waals surface area contributed by atoms with Crippen molar-refractivity contribution in [3.8, 4) is 0 Å². The van der Waals surface area contributed by atoms with Gasteiger partial charge in [-0.1, -0.05) is 89.9 Å². The number of amides is 1. The number of fused-ring (bicyclic) bond motifs is 6. The van der Waals surface area contributed by atoms with Crippen molar-refractivity contribution < 1.29 is 19.4 Å². The summed E-state index contributed by atoms with van der Waals surface area (Å²) in [5.41, 5.74) is 4.13. The summed E-state index contributed by atoms with van der Waals surface area (Å²) in [4.78, 5) is 30.6. The van der Waals surface area contributed by atoms with Crippen LogP contribution in [0.1, 0.15) is 138 Å². The van der Waals surface area contributed by atoms with Crippen molar-refractivity contribution in [2.24, 2.45) is 44.3 Å². The predicted octanol–water partition coefficient (Wildman–Crippen LogP) is 9.03. The maximum absolute atomic E-state index is 15.1. The number of aliphatic hydroxyl groups excluding tert-OH is 1. The molecular weight excluding hydrogens is 582 g/mol. The first kappa shape index (κ1) is 33.4. The molecule has 1 N–H and O–H groups in total. The van der Waals surface area contributed by atoms with Crippen LogP contribution in [0.3, 0.4) is 0 Å². The number of nitrogens with zero attached hydrogens (tertiary/aromatic N) is 1. The Kier molecular flexibility index (Phi) is 7.94. The monoisotopic (exact) mass is 643 g/mol. The van der Waals surface area contributed by atoms with Gasteiger partial charge in [-0.05, 0) is 128 Å². The maximum Gasteiger partial charge on any atom is 0.329 e. The van der Waals surface area contributed by atoms with E-state index in [4.69, 9.17) is 4.74 Å². The van der Waals surface area contributed by atoms with Crippen LogP contribution in [-0.2, 0) is 20.9 Å². The summed E-state index contributed by atoms with van der Waals surface area (Å²) in [6, 6.07) is 9.37. The molecule has 6 aliphatic rings. The molecule has 47 heavy (non-hydrogen) atoms. The number of allylic oxidation sites excluding steroid dienone is 1. The van der Waals surface area contributed by atoms with Crippen LogP contribution in [-0.4, -0.2) is 40.6 Å². The van der Waals surface area contributed by atoms with E-state index in [0.717, 1.165) is 63.4 Å². The van der Waals surface area contributed by atoms with Gasteiger partial charge in [0.1, 0.15) is 12.6 Å². The number of carbonyl (C=O) groups excluding carboxylic acids is 2. The van der Waals surface area contributed by atoms with Gasteiger partial charge in [0, 0.05) is 6.54 Å². The summed E-state index contributed by atoms with van der Waals surface area (Å²) >= 11 is 0. The van der Waals surface area contributed by atoms with Crippen molar-refractivity contribution in [3.05, 3.63) is 47.0 Å². The molecule has 1 heterocycles. The van der Waals surface area contributed by atoms with Crippen LogP contribution in [0.4, 0.5) is 0 Å². The average Bonchev–Trinajstić information content (AvgIpc) is 3.52. The third kappa shape index (κ3) is 4.85. The minimum absolute atomic E-state index is 0.0516. The number of benzene rings is 1. The Bertz CT molecular complexity index is 1450. The standard InChI is InChI=1S/C42H61NO4/c1-37(2)21-23-42(36(46)43-25-11-14-31(43)35(45)47-27-28-12-9-8-10-13-28)24-22-40(6)29(30(42)26-37)15-16-33-39(5)19-18-34(44)38(3,4)32(39)17-20-41(33,40)7/h8-10,12-13,31-34,44H,11,14-27H2,1-7H3/t31-,32-,33+,34-,39-,40+,41+,42-/m0/s1. The maximum atomic E-state index is 15.1. The van der Waals surface area contributed by atoms with Gasteiger partial charge in [-0.2, -0.15) is 0 Å². The molecule has 1 aromatic carbocycles. The second-order valence-corrected chi connectivity index (χ2v) is 18.9. The molecule has 4 saturated carbocycles. The SMILES string of the molecule is CC1(C)CC[C@]2(C(=O)N3CCC[C@H]3C(=O)OCc3ccccc3)CC[C@]3(C)C(=C2C1)CC[C@@H]1[C@@]2(C)CC[C@H](O)C(C)(C)[C@@H]2CC[C@]13C. The molecule has 1 saturated heterocycles. The fraction of sp³-hybridized carbons (Fsp3) is 0.762. The van der Waals surface area contributed by atoms with Crippen LogP contribution in [0.15, 0.2) is 41.5 Å². The highest BCUT2D eigenvalue weighted by Crippen LogP contribution is 2.75. The number of aliphatic hydroxyl groups is 1. The van der Waals surface area contributed by atoms with Gasteiger partial charge in [0.15, 0.2) is 0 Å². The Balaban J connectivity index is 1.22.